The van der Waals surface area contributed by atoms with E-state index in [-0.39, 0.29) is 5.91 Å². The smallest absolute Gasteiger partial charge is 0.254 e. The molecule has 2 aliphatic rings. The molecule has 34 heavy (non-hydrogen) atoms. The minimum absolute atomic E-state index is 0.0602. The maximum atomic E-state index is 13.1. The van der Waals surface area contributed by atoms with Crippen LogP contribution in [-0.2, 0) is 17.7 Å². The molecule has 0 bridgehead atoms. The first-order chi connectivity index (χ1) is 16.6. The average molecular weight is 481 g/mol. The van der Waals surface area contributed by atoms with Crippen LogP contribution in [0, 0.1) is 0 Å². The normalized spacial score (nSPS) is 15.6. The molecule has 1 fully saturated rings. The Labute approximate surface area is 203 Å². The lowest BCUT2D eigenvalue weighted by Gasteiger charge is -2.32. The second-order valence-electron chi connectivity index (χ2n) is 8.11. The molecule has 0 radical (unpaired) electrons. The number of carbonyl (C=O) groups is 1. The van der Waals surface area contributed by atoms with E-state index in [0.29, 0.717) is 60.9 Å². The van der Waals surface area contributed by atoms with Gasteiger partial charge in [-0.05, 0) is 48.5 Å². The van der Waals surface area contributed by atoms with E-state index in [1.165, 1.54) is 0 Å². The molecule has 2 aliphatic heterocycles. The number of morpholine rings is 1. The highest BCUT2D eigenvalue weighted by Crippen LogP contribution is 2.32. The highest BCUT2D eigenvalue weighted by Gasteiger charge is 2.28. The number of hydrogen-bond donors (Lipinski definition) is 0. The number of nitrogens with zero attached hydrogens (tertiary/aromatic N) is 4. The van der Waals surface area contributed by atoms with Crippen LogP contribution in [0.5, 0.6) is 17.4 Å². The van der Waals surface area contributed by atoms with Crippen molar-refractivity contribution in [3.05, 3.63) is 70.4 Å². The SMILES string of the molecule is COc1ccc(Oc2nc(N3CCOCC3)nc3c2CN(C(=O)c2ccc(Cl)cc2)CC3)cc1. The van der Waals surface area contributed by atoms with Crippen molar-refractivity contribution >= 4 is 23.5 Å². The van der Waals surface area contributed by atoms with E-state index in [1.54, 1.807) is 36.3 Å². The van der Waals surface area contributed by atoms with Crippen molar-refractivity contribution in [1.82, 2.24) is 14.9 Å². The molecule has 9 heteroatoms. The lowest BCUT2D eigenvalue weighted by molar-refractivity contribution is 0.0731. The zero-order valence-corrected chi connectivity index (χ0v) is 19.6. The van der Waals surface area contributed by atoms with E-state index in [1.807, 2.05) is 24.3 Å². The van der Waals surface area contributed by atoms with Gasteiger partial charge in [0.1, 0.15) is 11.5 Å². The summed E-state index contributed by atoms with van der Waals surface area (Å²) < 4.78 is 17.0. The van der Waals surface area contributed by atoms with Crippen LogP contribution in [0.4, 0.5) is 5.95 Å². The van der Waals surface area contributed by atoms with Gasteiger partial charge in [0, 0.05) is 36.6 Å². The monoisotopic (exact) mass is 480 g/mol. The highest BCUT2D eigenvalue weighted by atomic mass is 35.5. The summed E-state index contributed by atoms with van der Waals surface area (Å²) >= 11 is 5.99. The summed E-state index contributed by atoms with van der Waals surface area (Å²) in [7, 11) is 1.62. The van der Waals surface area contributed by atoms with Gasteiger partial charge < -0.3 is 24.0 Å². The topological polar surface area (TPSA) is 77.0 Å². The van der Waals surface area contributed by atoms with Crippen molar-refractivity contribution in [3.8, 4) is 17.4 Å². The maximum absolute atomic E-state index is 13.1. The van der Waals surface area contributed by atoms with E-state index >= 15 is 0 Å². The highest BCUT2D eigenvalue weighted by molar-refractivity contribution is 6.30. The van der Waals surface area contributed by atoms with Crippen LogP contribution in [0.2, 0.25) is 5.02 Å². The molecule has 0 saturated carbocycles. The lowest BCUT2D eigenvalue weighted by atomic mass is 10.1. The Morgan fingerprint density at radius 1 is 0.971 bits per heavy atom. The molecular formula is C25H25ClN4O4. The summed E-state index contributed by atoms with van der Waals surface area (Å²) in [4.78, 5) is 26.7. The van der Waals surface area contributed by atoms with Gasteiger partial charge in [-0.25, -0.2) is 4.98 Å². The van der Waals surface area contributed by atoms with Crippen LogP contribution in [0.3, 0.4) is 0 Å². The van der Waals surface area contributed by atoms with Crippen molar-refractivity contribution in [2.75, 3.05) is 44.9 Å². The van der Waals surface area contributed by atoms with Gasteiger partial charge in [0.25, 0.3) is 5.91 Å². The quantitative estimate of drug-likeness (QED) is 0.547. The Bertz CT molecular complexity index is 1160. The predicted octanol–water partition coefficient (Wildman–Crippen LogP) is 3.97. The largest absolute Gasteiger partial charge is 0.497 e. The van der Waals surface area contributed by atoms with Gasteiger partial charge in [0.2, 0.25) is 11.8 Å². The van der Waals surface area contributed by atoms with Gasteiger partial charge in [0.05, 0.1) is 38.1 Å². The van der Waals surface area contributed by atoms with Gasteiger partial charge in [-0.2, -0.15) is 4.98 Å². The number of hydrogen-bond acceptors (Lipinski definition) is 7. The number of benzene rings is 2. The first kappa shape index (κ1) is 22.4. The Balaban J connectivity index is 1.46. The molecule has 8 nitrogen and oxygen atoms in total. The predicted molar refractivity (Wildman–Crippen MR) is 128 cm³/mol. The molecule has 3 aromatic rings. The third-order valence-electron chi connectivity index (χ3n) is 5.96. The molecule has 1 amide bonds. The van der Waals surface area contributed by atoms with E-state index in [4.69, 9.17) is 35.8 Å². The third kappa shape index (κ3) is 4.78. The molecule has 1 saturated heterocycles. The van der Waals surface area contributed by atoms with E-state index < -0.39 is 0 Å². The fourth-order valence-corrected chi connectivity index (χ4v) is 4.19. The first-order valence-corrected chi connectivity index (χ1v) is 11.6. The fourth-order valence-electron chi connectivity index (χ4n) is 4.06. The number of rotatable bonds is 5. The van der Waals surface area contributed by atoms with Crippen molar-refractivity contribution in [2.45, 2.75) is 13.0 Å². The Kier molecular flexibility index (Phi) is 6.51. The number of ether oxygens (including phenoxy) is 3. The van der Waals surface area contributed by atoms with Crippen LogP contribution in [0.15, 0.2) is 48.5 Å². The molecule has 176 valence electrons. The number of amides is 1. The van der Waals surface area contributed by atoms with Gasteiger partial charge in [0.15, 0.2) is 0 Å². The molecule has 0 N–H and O–H groups in total. The zero-order chi connectivity index (χ0) is 23.5. The van der Waals surface area contributed by atoms with Crippen LogP contribution in [-0.4, -0.2) is 60.7 Å². The van der Waals surface area contributed by atoms with Gasteiger partial charge in [-0.3, -0.25) is 4.79 Å². The van der Waals surface area contributed by atoms with Crippen LogP contribution in [0.25, 0.3) is 0 Å². The van der Waals surface area contributed by atoms with Gasteiger partial charge >= 0.3 is 0 Å². The van der Waals surface area contributed by atoms with E-state index in [0.717, 1.165) is 30.1 Å². The van der Waals surface area contributed by atoms with Crippen molar-refractivity contribution in [3.63, 3.8) is 0 Å². The van der Waals surface area contributed by atoms with E-state index in [2.05, 4.69) is 4.90 Å². The van der Waals surface area contributed by atoms with Crippen molar-refractivity contribution in [2.24, 2.45) is 0 Å². The van der Waals surface area contributed by atoms with Crippen molar-refractivity contribution in [1.29, 1.82) is 0 Å². The molecule has 3 heterocycles. The Hall–Kier alpha value is -3.36. The third-order valence-corrected chi connectivity index (χ3v) is 6.21. The second-order valence-corrected chi connectivity index (χ2v) is 8.55. The molecular weight excluding hydrogens is 456 g/mol. The molecule has 0 aliphatic carbocycles. The van der Waals surface area contributed by atoms with Gasteiger partial charge in [-0.15, -0.1) is 0 Å². The molecule has 5 rings (SSSR count). The first-order valence-electron chi connectivity index (χ1n) is 11.2. The summed E-state index contributed by atoms with van der Waals surface area (Å²) in [6.45, 7) is 3.66. The summed E-state index contributed by atoms with van der Waals surface area (Å²) in [5.41, 5.74) is 2.32. The minimum Gasteiger partial charge on any atom is -0.497 e. The lowest BCUT2D eigenvalue weighted by Crippen LogP contribution is -2.39. The van der Waals surface area contributed by atoms with Crippen LogP contribution in [0.1, 0.15) is 21.6 Å². The summed E-state index contributed by atoms with van der Waals surface area (Å²) in [6.07, 6.45) is 0.619. The number of fused-ring (bicyclic) bond motifs is 1. The molecule has 0 spiro atoms. The maximum Gasteiger partial charge on any atom is 0.254 e. The Morgan fingerprint density at radius 2 is 1.68 bits per heavy atom. The number of methoxy groups -OCH3 is 1. The summed E-state index contributed by atoms with van der Waals surface area (Å²) in [5, 5.41) is 0.597. The zero-order valence-electron chi connectivity index (χ0n) is 18.9. The molecule has 1 aromatic heterocycles. The van der Waals surface area contributed by atoms with Crippen LogP contribution < -0.4 is 14.4 Å². The molecule has 0 atom stereocenters. The summed E-state index contributed by atoms with van der Waals surface area (Å²) in [5.74, 6) is 2.41. The summed E-state index contributed by atoms with van der Waals surface area (Å²) in [6, 6.07) is 14.3. The molecule has 2 aromatic carbocycles. The van der Waals surface area contributed by atoms with Gasteiger partial charge in [-0.1, -0.05) is 11.6 Å². The van der Waals surface area contributed by atoms with Crippen LogP contribution >= 0.6 is 11.6 Å². The fraction of sp³-hybridized carbons (Fsp3) is 0.320. The number of aromatic nitrogens is 2. The number of anilines is 1. The minimum atomic E-state index is -0.0602. The number of halogens is 1. The average Bonchev–Trinajstić information content (AvgIpc) is 2.89. The number of carbonyl (C=O) groups excluding carboxylic acids is 1. The second kappa shape index (κ2) is 9.87. The van der Waals surface area contributed by atoms with E-state index in [9.17, 15) is 4.79 Å². The standard InChI is InChI=1S/C25H25ClN4O4/c1-32-19-6-8-20(9-7-19)34-23-21-16-30(24(31)17-2-4-18(26)5-3-17)11-10-22(21)27-25(28-23)29-12-14-33-15-13-29/h2-9H,10-16H2,1H3. The van der Waals surface area contributed by atoms with Crippen molar-refractivity contribution < 1.29 is 19.0 Å². The molecule has 0 unspecified atom stereocenters. The Morgan fingerprint density at radius 3 is 2.38 bits per heavy atom.